The molecule has 3 rings (SSSR count). The first-order valence-electron chi connectivity index (χ1n) is 7.40. The predicted octanol–water partition coefficient (Wildman–Crippen LogP) is 3.67. The monoisotopic (exact) mass is 277 g/mol. The highest BCUT2D eigenvalue weighted by Gasteiger charge is 2.11. The van der Waals surface area contributed by atoms with E-state index >= 15 is 0 Å². The van der Waals surface area contributed by atoms with Crippen LogP contribution in [0.15, 0.2) is 24.3 Å². The Morgan fingerprint density at radius 1 is 1.19 bits per heavy atom. The number of rotatable bonds is 3. The Kier molecular flexibility index (Phi) is 3.62. The van der Waals surface area contributed by atoms with Crippen LogP contribution in [-0.4, -0.2) is 4.98 Å². The molecule has 0 radical (unpaired) electrons. The molecule has 0 saturated carbocycles. The zero-order valence-corrected chi connectivity index (χ0v) is 12.5. The topological polar surface area (TPSA) is 48.7 Å². The maximum atomic E-state index is 9.28. The zero-order chi connectivity index (χ0) is 14.8. The second kappa shape index (κ2) is 5.57. The van der Waals surface area contributed by atoms with Crippen LogP contribution in [0.1, 0.15) is 40.1 Å². The van der Waals surface area contributed by atoms with Gasteiger partial charge in [0.15, 0.2) is 0 Å². The molecule has 3 nitrogen and oxygen atoms in total. The van der Waals surface area contributed by atoms with Gasteiger partial charge in [0.1, 0.15) is 6.07 Å². The average molecular weight is 277 g/mol. The Balaban J connectivity index is 1.81. The minimum absolute atomic E-state index is 0.641. The van der Waals surface area contributed by atoms with Crippen LogP contribution in [0.3, 0.4) is 0 Å². The van der Waals surface area contributed by atoms with Gasteiger partial charge in [-0.1, -0.05) is 18.2 Å². The number of benzene rings is 1. The molecule has 1 aromatic heterocycles. The summed E-state index contributed by atoms with van der Waals surface area (Å²) in [4.78, 5) is 4.34. The fourth-order valence-corrected chi connectivity index (χ4v) is 3.04. The molecule has 1 aliphatic carbocycles. The van der Waals surface area contributed by atoms with Crippen molar-refractivity contribution in [2.75, 3.05) is 5.32 Å². The van der Waals surface area contributed by atoms with Gasteiger partial charge in [-0.15, -0.1) is 0 Å². The van der Waals surface area contributed by atoms with Crippen LogP contribution in [0.25, 0.3) is 0 Å². The molecule has 0 spiro atoms. The lowest BCUT2D eigenvalue weighted by Gasteiger charge is -2.12. The van der Waals surface area contributed by atoms with Crippen LogP contribution >= 0.6 is 0 Å². The maximum absolute atomic E-state index is 9.28. The number of hydrogen-bond acceptors (Lipinski definition) is 3. The van der Waals surface area contributed by atoms with E-state index < -0.39 is 0 Å². The van der Waals surface area contributed by atoms with Gasteiger partial charge in [0.25, 0.3) is 0 Å². The van der Waals surface area contributed by atoms with Gasteiger partial charge in [0.05, 0.1) is 16.9 Å². The maximum Gasteiger partial charge on any atom is 0.103 e. The molecule has 1 aromatic carbocycles. The van der Waals surface area contributed by atoms with Crippen molar-refractivity contribution in [3.05, 3.63) is 57.9 Å². The summed E-state index contributed by atoms with van der Waals surface area (Å²) >= 11 is 0. The molecular weight excluding hydrogens is 258 g/mol. The summed E-state index contributed by atoms with van der Waals surface area (Å²) in [5, 5.41) is 12.7. The van der Waals surface area contributed by atoms with Gasteiger partial charge in [0, 0.05) is 12.2 Å². The largest absolute Gasteiger partial charge is 0.380 e. The predicted molar refractivity (Wildman–Crippen MR) is 84.2 cm³/mol. The molecule has 0 aliphatic heterocycles. The molecule has 1 N–H and O–H groups in total. The number of aromatic nitrogens is 1. The van der Waals surface area contributed by atoms with Crippen LogP contribution < -0.4 is 5.32 Å². The first kappa shape index (κ1) is 13.6. The Bertz CT molecular complexity index is 726. The van der Waals surface area contributed by atoms with Crippen molar-refractivity contribution in [1.82, 2.24) is 4.98 Å². The second-order valence-electron chi connectivity index (χ2n) is 5.69. The van der Waals surface area contributed by atoms with E-state index in [4.69, 9.17) is 0 Å². The summed E-state index contributed by atoms with van der Waals surface area (Å²) in [7, 11) is 0. The number of anilines is 1. The van der Waals surface area contributed by atoms with E-state index in [2.05, 4.69) is 34.6 Å². The Hall–Kier alpha value is -2.34. The van der Waals surface area contributed by atoms with Crippen LogP contribution in [0.5, 0.6) is 0 Å². The van der Waals surface area contributed by atoms with Crippen LogP contribution in [-0.2, 0) is 19.4 Å². The summed E-state index contributed by atoms with van der Waals surface area (Å²) in [6, 6.07) is 10.9. The van der Waals surface area contributed by atoms with Gasteiger partial charge < -0.3 is 5.32 Å². The normalized spacial score (nSPS) is 12.8. The van der Waals surface area contributed by atoms with Gasteiger partial charge in [-0.25, -0.2) is 0 Å². The number of fused-ring (bicyclic) bond motifs is 1. The molecule has 3 heteroatoms. The number of nitrogens with one attached hydrogen (secondary N) is 1. The summed E-state index contributed by atoms with van der Waals surface area (Å²) in [6.07, 6.45) is 3.68. The number of pyridine rings is 1. The Morgan fingerprint density at radius 2 is 2.00 bits per heavy atom. The summed E-state index contributed by atoms with van der Waals surface area (Å²) in [5.74, 6) is 0. The lowest BCUT2D eigenvalue weighted by Crippen LogP contribution is -2.05. The van der Waals surface area contributed by atoms with E-state index in [-0.39, 0.29) is 0 Å². The third kappa shape index (κ3) is 2.75. The third-order valence-electron chi connectivity index (χ3n) is 4.09. The molecule has 1 aliphatic rings. The third-order valence-corrected chi connectivity index (χ3v) is 4.09. The van der Waals surface area contributed by atoms with E-state index in [0.717, 1.165) is 23.6 Å². The smallest absolute Gasteiger partial charge is 0.103 e. The van der Waals surface area contributed by atoms with Gasteiger partial charge in [0.2, 0.25) is 0 Å². The standard InChI is InChI=1S/C18H19N3/c1-12-8-18(17(10-19)13(2)21-12)20-11-14-6-7-15-4-3-5-16(15)9-14/h6-9H,3-5,11H2,1-2H3,(H,20,21). The van der Waals surface area contributed by atoms with Crippen LogP contribution in [0.2, 0.25) is 0 Å². The van der Waals surface area contributed by atoms with E-state index in [9.17, 15) is 5.26 Å². The Morgan fingerprint density at radius 3 is 2.81 bits per heavy atom. The first-order valence-corrected chi connectivity index (χ1v) is 7.40. The van der Waals surface area contributed by atoms with Crippen molar-refractivity contribution in [2.24, 2.45) is 0 Å². The van der Waals surface area contributed by atoms with E-state index in [1.807, 2.05) is 19.9 Å². The molecule has 106 valence electrons. The number of nitrogens with zero attached hydrogens (tertiary/aromatic N) is 2. The van der Waals surface area contributed by atoms with Crippen molar-refractivity contribution in [1.29, 1.82) is 5.26 Å². The highest BCUT2D eigenvalue weighted by Crippen LogP contribution is 2.24. The van der Waals surface area contributed by atoms with E-state index in [1.165, 1.54) is 36.0 Å². The zero-order valence-electron chi connectivity index (χ0n) is 12.5. The quantitative estimate of drug-likeness (QED) is 0.931. The number of aryl methyl sites for hydroxylation is 4. The van der Waals surface area contributed by atoms with Crippen molar-refractivity contribution in [3.8, 4) is 6.07 Å². The Labute approximate surface area is 125 Å². The van der Waals surface area contributed by atoms with Crippen LogP contribution in [0, 0.1) is 25.2 Å². The minimum Gasteiger partial charge on any atom is -0.380 e. The van der Waals surface area contributed by atoms with Gasteiger partial charge in [-0.2, -0.15) is 5.26 Å². The average Bonchev–Trinajstić information content (AvgIpc) is 2.92. The molecule has 0 amide bonds. The SMILES string of the molecule is Cc1cc(NCc2ccc3c(c2)CCC3)c(C#N)c(C)n1. The molecule has 2 aromatic rings. The molecular formula is C18H19N3. The van der Waals surface area contributed by atoms with Crippen molar-refractivity contribution >= 4 is 5.69 Å². The first-order chi connectivity index (χ1) is 10.2. The highest BCUT2D eigenvalue weighted by atomic mass is 14.9. The van der Waals surface area contributed by atoms with E-state index in [1.54, 1.807) is 0 Å². The highest BCUT2D eigenvalue weighted by molar-refractivity contribution is 5.60. The summed E-state index contributed by atoms with van der Waals surface area (Å²) < 4.78 is 0. The molecule has 0 saturated heterocycles. The molecule has 0 unspecified atom stereocenters. The summed E-state index contributed by atoms with van der Waals surface area (Å²) in [6.45, 7) is 4.58. The van der Waals surface area contributed by atoms with Gasteiger partial charge >= 0.3 is 0 Å². The molecule has 0 bridgehead atoms. The van der Waals surface area contributed by atoms with Gasteiger partial charge in [-0.3, -0.25) is 4.98 Å². The molecule has 0 fully saturated rings. The lowest BCUT2D eigenvalue weighted by atomic mass is 10.1. The second-order valence-corrected chi connectivity index (χ2v) is 5.69. The van der Waals surface area contributed by atoms with Crippen molar-refractivity contribution in [2.45, 2.75) is 39.7 Å². The number of nitriles is 1. The van der Waals surface area contributed by atoms with Crippen molar-refractivity contribution in [3.63, 3.8) is 0 Å². The number of hydrogen-bond donors (Lipinski definition) is 1. The fourth-order valence-electron chi connectivity index (χ4n) is 3.04. The van der Waals surface area contributed by atoms with Gasteiger partial charge in [-0.05, 0) is 55.9 Å². The van der Waals surface area contributed by atoms with Crippen molar-refractivity contribution < 1.29 is 0 Å². The molecule has 0 atom stereocenters. The molecule has 1 heterocycles. The fraction of sp³-hybridized carbons (Fsp3) is 0.333. The van der Waals surface area contributed by atoms with Crippen LogP contribution in [0.4, 0.5) is 5.69 Å². The van der Waals surface area contributed by atoms with E-state index in [0.29, 0.717) is 5.56 Å². The molecule has 21 heavy (non-hydrogen) atoms. The summed E-state index contributed by atoms with van der Waals surface area (Å²) in [5.41, 5.74) is 7.48. The lowest BCUT2D eigenvalue weighted by molar-refractivity contribution is 0.911. The minimum atomic E-state index is 0.641.